The first kappa shape index (κ1) is 18.9. The average molecular weight is 318 g/mol. The lowest BCUT2D eigenvalue weighted by Crippen LogP contribution is -2.29. The third kappa shape index (κ3) is 6.74. The highest BCUT2D eigenvalue weighted by Gasteiger charge is 2.30. The van der Waals surface area contributed by atoms with Crippen LogP contribution in [0.15, 0.2) is 11.8 Å². The van der Waals surface area contributed by atoms with Gasteiger partial charge in [-0.15, -0.1) is 0 Å². The monoisotopic (exact) mass is 318 g/mol. The molecule has 0 aromatic rings. The van der Waals surface area contributed by atoms with Crippen LogP contribution in [0.2, 0.25) is 0 Å². The van der Waals surface area contributed by atoms with Gasteiger partial charge in [0.1, 0.15) is 6.79 Å². The van der Waals surface area contributed by atoms with Crippen LogP contribution in [-0.4, -0.2) is 59.7 Å². The first-order valence-electron chi connectivity index (χ1n) is 7.42. The molecule has 2 atom stereocenters. The molecule has 22 heavy (non-hydrogen) atoms. The molecule has 0 bridgehead atoms. The van der Waals surface area contributed by atoms with E-state index in [4.69, 9.17) is 28.4 Å². The Morgan fingerprint density at radius 1 is 1.27 bits per heavy atom. The predicted octanol–water partition coefficient (Wildman–Crippen LogP) is 1.47. The summed E-state index contributed by atoms with van der Waals surface area (Å²) in [6, 6.07) is 0. The van der Waals surface area contributed by atoms with E-state index in [0.29, 0.717) is 44.8 Å². The van der Waals surface area contributed by atoms with Gasteiger partial charge in [0.15, 0.2) is 6.29 Å². The molecule has 0 saturated carbocycles. The van der Waals surface area contributed by atoms with Crippen molar-refractivity contribution in [3.05, 3.63) is 11.8 Å². The van der Waals surface area contributed by atoms with E-state index >= 15 is 0 Å². The summed E-state index contributed by atoms with van der Waals surface area (Å²) in [7, 11) is 2.97. The van der Waals surface area contributed by atoms with Crippen molar-refractivity contribution in [2.45, 2.75) is 26.1 Å². The van der Waals surface area contributed by atoms with Gasteiger partial charge in [0.25, 0.3) is 0 Å². The third-order valence-electron chi connectivity index (χ3n) is 3.25. The van der Waals surface area contributed by atoms with E-state index in [-0.39, 0.29) is 25.0 Å². The quantitative estimate of drug-likeness (QED) is 0.324. The molecule has 0 aromatic carbocycles. The van der Waals surface area contributed by atoms with E-state index in [1.54, 1.807) is 7.11 Å². The highest BCUT2D eigenvalue weighted by atomic mass is 16.7. The molecule has 1 heterocycles. The molecule has 0 aliphatic carbocycles. The SMILES string of the molecule is CCO[C@H]1C[C@H](CCOCOCCOC)C(C(=O)OC)=CO1. The van der Waals surface area contributed by atoms with E-state index in [2.05, 4.69) is 0 Å². The van der Waals surface area contributed by atoms with E-state index in [1.165, 1.54) is 13.4 Å². The van der Waals surface area contributed by atoms with Crippen molar-refractivity contribution in [2.75, 3.05) is 47.4 Å². The second-order valence-electron chi connectivity index (χ2n) is 4.73. The fraction of sp³-hybridized carbons (Fsp3) is 0.800. The van der Waals surface area contributed by atoms with E-state index < -0.39 is 0 Å². The predicted molar refractivity (Wildman–Crippen MR) is 78.0 cm³/mol. The Hall–Kier alpha value is -1.15. The number of carbonyl (C=O) groups is 1. The first-order chi connectivity index (χ1) is 10.7. The number of hydrogen-bond acceptors (Lipinski definition) is 7. The maximum atomic E-state index is 11.8. The van der Waals surface area contributed by atoms with Gasteiger partial charge in [0.05, 0.1) is 38.8 Å². The normalized spacial score (nSPS) is 21.1. The van der Waals surface area contributed by atoms with Gasteiger partial charge in [-0.2, -0.15) is 0 Å². The molecule has 1 rings (SSSR count). The Balaban J connectivity index is 2.37. The highest BCUT2D eigenvalue weighted by Crippen LogP contribution is 2.28. The molecular weight excluding hydrogens is 292 g/mol. The molecule has 1 aliphatic heterocycles. The summed E-state index contributed by atoms with van der Waals surface area (Å²) in [6.45, 7) is 4.17. The Bertz CT molecular complexity index is 343. The van der Waals surface area contributed by atoms with Crippen molar-refractivity contribution >= 4 is 5.97 Å². The van der Waals surface area contributed by atoms with Gasteiger partial charge < -0.3 is 28.4 Å². The molecule has 0 spiro atoms. The number of methoxy groups -OCH3 is 2. The van der Waals surface area contributed by atoms with Gasteiger partial charge in [-0.1, -0.05) is 0 Å². The maximum Gasteiger partial charge on any atom is 0.337 e. The van der Waals surface area contributed by atoms with Gasteiger partial charge in [0, 0.05) is 26.1 Å². The molecule has 0 N–H and O–H groups in total. The topological polar surface area (TPSA) is 72.5 Å². The van der Waals surface area contributed by atoms with Gasteiger partial charge in [0.2, 0.25) is 0 Å². The molecule has 0 aromatic heterocycles. The molecule has 128 valence electrons. The lowest BCUT2D eigenvalue weighted by atomic mass is 9.91. The molecule has 1 aliphatic rings. The van der Waals surface area contributed by atoms with Gasteiger partial charge in [-0.3, -0.25) is 0 Å². The summed E-state index contributed by atoms with van der Waals surface area (Å²) >= 11 is 0. The van der Waals surface area contributed by atoms with Crippen LogP contribution in [0.3, 0.4) is 0 Å². The van der Waals surface area contributed by atoms with Crippen LogP contribution >= 0.6 is 0 Å². The number of hydrogen-bond donors (Lipinski definition) is 0. The van der Waals surface area contributed by atoms with E-state index in [9.17, 15) is 4.79 Å². The Labute approximate surface area is 131 Å². The largest absolute Gasteiger partial charge is 0.472 e. The lowest BCUT2D eigenvalue weighted by Gasteiger charge is -2.28. The summed E-state index contributed by atoms with van der Waals surface area (Å²) in [5.74, 6) is -0.395. The molecule has 7 nitrogen and oxygen atoms in total. The van der Waals surface area contributed by atoms with Crippen LogP contribution < -0.4 is 0 Å². The molecule has 7 heteroatoms. The van der Waals surface area contributed by atoms with Crippen LogP contribution in [0.5, 0.6) is 0 Å². The van der Waals surface area contributed by atoms with Crippen LogP contribution in [0.25, 0.3) is 0 Å². The minimum absolute atomic E-state index is 0.0169. The van der Waals surface area contributed by atoms with Crippen LogP contribution in [0.4, 0.5) is 0 Å². The lowest BCUT2D eigenvalue weighted by molar-refractivity contribution is -0.143. The molecule has 0 unspecified atom stereocenters. The smallest absolute Gasteiger partial charge is 0.337 e. The molecule has 0 fully saturated rings. The standard InChI is InChI=1S/C15H26O7/c1-4-21-14-9-12(13(10-22-14)15(16)18-3)5-6-19-11-20-8-7-17-2/h10,12,14H,4-9,11H2,1-3H3/t12-,14+/m0/s1. The van der Waals surface area contributed by atoms with Crippen molar-refractivity contribution in [3.63, 3.8) is 0 Å². The van der Waals surface area contributed by atoms with Crippen molar-refractivity contribution in [1.82, 2.24) is 0 Å². The second kappa shape index (κ2) is 11.4. The van der Waals surface area contributed by atoms with Gasteiger partial charge >= 0.3 is 5.97 Å². The zero-order valence-corrected chi connectivity index (χ0v) is 13.5. The Kier molecular flexibility index (Phi) is 9.81. The Morgan fingerprint density at radius 3 is 2.73 bits per heavy atom. The van der Waals surface area contributed by atoms with Crippen molar-refractivity contribution < 1.29 is 33.2 Å². The summed E-state index contributed by atoms with van der Waals surface area (Å²) in [6.07, 6.45) is 2.38. The van der Waals surface area contributed by atoms with Crippen molar-refractivity contribution in [1.29, 1.82) is 0 Å². The molecule has 0 saturated heterocycles. The zero-order valence-electron chi connectivity index (χ0n) is 13.5. The van der Waals surface area contributed by atoms with Crippen LogP contribution in [0.1, 0.15) is 19.8 Å². The van der Waals surface area contributed by atoms with Crippen LogP contribution in [-0.2, 0) is 33.2 Å². The number of rotatable bonds is 11. The van der Waals surface area contributed by atoms with E-state index in [1.807, 2.05) is 6.92 Å². The molecular formula is C15H26O7. The fourth-order valence-electron chi connectivity index (χ4n) is 2.10. The van der Waals surface area contributed by atoms with Crippen LogP contribution in [0, 0.1) is 5.92 Å². The summed E-state index contributed by atoms with van der Waals surface area (Å²) in [5, 5.41) is 0. The maximum absolute atomic E-state index is 11.8. The third-order valence-corrected chi connectivity index (χ3v) is 3.25. The summed E-state index contributed by atoms with van der Waals surface area (Å²) < 4.78 is 31.1. The van der Waals surface area contributed by atoms with E-state index in [0.717, 1.165) is 0 Å². The second-order valence-corrected chi connectivity index (χ2v) is 4.73. The number of esters is 1. The number of ether oxygens (including phenoxy) is 6. The molecule has 0 amide bonds. The summed E-state index contributed by atoms with van der Waals surface area (Å²) in [5.41, 5.74) is 0.516. The first-order valence-corrected chi connectivity index (χ1v) is 7.42. The average Bonchev–Trinajstić information content (AvgIpc) is 2.54. The van der Waals surface area contributed by atoms with Gasteiger partial charge in [-0.05, 0) is 13.3 Å². The molecule has 0 radical (unpaired) electrons. The van der Waals surface area contributed by atoms with Crippen molar-refractivity contribution in [3.8, 4) is 0 Å². The number of carbonyl (C=O) groups excluding carboxylic acids is 1. The fourth-order valence-corrected chi connectivity index (χ4v) is 2.10. The zero-order chi connectivity index (χ0) is 16.2. The highest BCUT2D eigenvalue weighted by molar-refractivity contribution is 5.88. The van der Waals surface area contributed by atoms with Crippen molar-refractivity contribution in [2.24, 2.45) is 5.92 Å². The Morgan fingerprint density at radius 2 is 2.05 bits per heavy atom. The van der Waals surface area contributed by atoms with Gasteiger partial charge in [-0.25, -0.2) is 4.79 Å². The summed E-state index contributed by atoms with van der Waals surface area (Å²) in [4.78, 5) is 11.8. The minimum atomic E-state index is -0.378. The minimum Gasteiger partial charge on any atom is -0.472 e.